The Morgan fingerprint density at radius 1 is 1.03 bits per heavy atom. The first-order valence-corrected chi connectivity index (χ1v) is 10.8. The molecule has 1 aliphatic rings. The number of halogens is 1. The predicted octanol–water partition coefficient (Wildman–Crippen LogP) is 3.68. The first-order valence-electron chi connectivity index (χ1n) is 10.5. The first-order chi connectivity index (χ1) is 16.3. The van der Waals surface area contributed by atoms with Crippen LogP contribution < -0.4 is 10.6 Å². The van der Waals surface area contributed by atoms with Crippen molar-refractivity contribution in [3.8, 4) is 11.4 Å². The monoisotopic (exact) mass is 474 g/mol. The summed E-state index contributed by atoms with van der Waals surface area (Å²) in [6, 6.07) is 19.7. The Morgan fingerprint density at radius 3 is 2.56 bits per heavy atom. The number of benzene rings is 3. The highest BCUT2D eigenvalue weighted by Gasteiger charge is 2.49. The van der Waals surface area contributed by atoms with E-state index in [-0.39, 0.29) is 5.95 Å². The van der Waals surface area contributed by atoms with Crippen molar-refractivity contribution in [2.24, 2.45) is 0 Å². The summed E-state index contributed by atoms with van der Waals surface area (Å²) >= 11 is 6.16. The molecule has 1 aromatic heterocycles. The molecule has 3 aromatic carbocycles. The van der Waals surface area contributed by atoms with E-state index in [0.717, 1.165) is 15.7 Å². The number of urea groups is 1. The van der Waals surface area contributed by atoms with Crippen molar-refractivity contribution >= 4 is 46.2 Å². The SMILES string of the molecule is CC1(c2ccc3ccccc3c2)NC(=O)N(CC(=O)Nc2nnc(-c3ccccc3Cl)[nH]2)C1=O. The average Bonchev–Trinajstić information content (AvgIpc) is 3.37. The molecular formula is C24H19ClN6O3. The summed E-state index contributed by atoms with van der Waals surface area (Å²) in [5.74, 6) is -0.672. The van der Waals surface area contributed by atoms with Gasteiger partial charge in [0.15, 0.2) is 5.82 Å². The number of carbonyl (C=O) groups excluding carboxylic acids is 3. The van der Waals surface area contributed by atoms with Gasteiger partial charge in [0.05, 0.1) is 5.02 Å². The second-order valence-electron chi connectivity index (χ2n) is 8.06. The van der Waals surface area contributed by atoms with Crippen LogP contribution in [0.3, 0.4) is 0 Å². The molecule has 0 bridgehead atoms. The fourth-order valence-corrected chi connectivity index (χ4v) is 4.17. The van der Waals surface area contributed by atoms with E-state index in [4.69, 9.17) is 11.6 Å². The zero-order valence-electron chi connectivity index (χ0n) is 18.0. The largest absolute Gasteiger partial charge is 0.325 e. The van der Waals surface area contributed by atoms with E-state index >= 15 is 0 Å². The molecule has 0 aliphatic carbocycles. The Hall–Kier alpha value is -4.24. The number of aromatic nitrogens is 3. The maximum absolute atomic E-state index is 13.2. The number of rotatable bonds is 5. The van der Waals surface area contributed by atoms with Crippen molar-refractivity contribution < 1.29 is 14.4 Å². The molecule has 2 heterocycles. The summed E-state index contributed by atoms with van der Waals surface area (Å²) in [4.78, 5) is 42.2. The molecule has 10 heteroatoms. The lowest BCUT2D eigenvalue weighted by molar-refractivity contribution is -0.133. The highest BCUT2D eigenvalue weighted by atomic mass is 35.5. The third-order valence-electron chi connectivity index (χ3n) is 5.78. The Balaban J connectivity index is 1.31. The number of carbonyl (C=O) groups is 3. The van der Waals surface area contributed by atoms with Crippen LogP contribution in [-0.2, 0) is 15.1 Å². The minimum atomic E-state index is -1.29. The number of imide groups is 1. The molecule has 170 valence electrons. The number of H-pyrrole nitrogens is 1. The van der Waals surface area contributed by atoms with E-state index in [1.807, 2.05) is 36.4 Å². The number of nitrogens with one attached hydrogen (secondary N) is 3. The Kier molecular flexibility index (Phi) is 5.25. The molecule has 0 saturated carbocycles. The number of fused-ring (bicyclic) bond motifs is 1. The van der Waals surface area contributed by atoms with E-state index < -0.39 is 29.9 Å². The van der Waals surface area contributed by atoms with Crippen molar-refractivity contribution in [2.75, 3.05) is 11.9 Å². The van der Waals surface area contributed by atoms with E-state index in [9.17, 15) is 14.4 Å². The first kappa shape index (κ1) is 21.6. The molecule has 9 nitrogen and oxygen atoms in total. The van der Waals surface area contributed by atoms with Gasteiger partial charge in [-0.2, -0.15) is 0 Å². The molecule has 1 unspecified atom stereocenters. The summed E-state index contributed by atoms with van der Waals surface area (Å²) < 4.78 is 0. The topological polar surface area (TPSA) is 120 Å². The van der Waals surface area contributed by atoms with Gasteiger partial charge in [-0.3, -0.25) is 19.8 Å². The number of hydrogen-bond acceptors (Lipinski definition) is 5. The van der Waals surface area contributed by atoms with Gasteiger partial charge in [0.1, 0.15) is 12.1 Å². The van der Waals surface area contributed by atoms with Crippen LogP contribution in [-0.4, -0.2) is 44.5 Å². The van der Waals surface area contributed by atoms with Gasteiger partial charge in [-0.15, -0.1) is 10.2 Å². The lowest BCUT2D eigenvalue weighted by Gasteiger charge is -2.22. The number of anilines is 1. The molecule has 3 N–H and O–H groups in total. The lowest BCUT2D eigenvalue weighted by atomic mass is 9.90. The van der Waals surface area contributed by atoms with Crippen LogP contribution in [0.4, 0.5) is 10.7 Å². The standard InChI is InChI=1S/C24H19ClN6O3/c1-24(16-11-10-14-6-2-3-7-15(14)12-16)21(33)31(23(34)28-24)13-19(32)26-22-27-20(29-30-22)17-8-4-5-9-18(17)25/h2-12H,13H2,1H3,(H,28,34)(H2,26,27,29,30,32). The van der Waals surface area contributed by atoms with Crippen LogP contribution in [0.5, 0.6) is 0 Å². The lowest BCUT2D eigenvalue weighted by Crippen LogP contribution is -2.42. The number of amides is 4. The summed E-state index contributed by atoms with van der Waals surface area (Å²) in [5.41, 5.74) is -0.0327. The minimum absolute atomic E-state index is 0.0734. The number of nitrogens with zero attached hydrogens (tertiary/aromatic N) is 3. The molecule has 1 atom stereocenters. The third kappa shape index (κ3) is 3.75. The summed E-state index contributed by atoms with van der Waals surface area (Å²) in [7, 11) is 0. The highest BCUT2D eigenvalue weighted by Crippen LogP contribution is 2.31. The fraction of sp³-hybridized carbons (Fsp3) is 0.125. The van der Waals surface area contributed by atoms with Crippen molar-refractivity contribution in [2.45, 2.75) is 12.5 Å². The van der Waals surface area contributed by atoms with Gasteiger partial charge < -0.3 is 10.3 Å². The van der Waals surface area contributed by atoms with Crippen LogP contribution in [0, 0.1) is 0 Å². The molecule has 0 spiro atoms. The van der Waals surface area contributed by atoms with Gasteiger partial charge in [0, 0.05) is 5.56 Å². The van der Waals surface area contributed by atoms with E-state index in [0.29, 0.717) is 22.0 Å². The minimum Gasteiger partial charge on any atom is -0.319 e. The Morgan fingerprint density at radius 2 is 1.76 bits per heavy atom. The highest BCUT2D eigenvalue weighted by molar-refractivity contribution is 6.33. The molecule has 1 fully saturated rings. The zero-order valence-corrected chi connectivity index (χ0v) is 18.8. The molecule has 34 heavy (non-hydrogen) atoms. The van der Waals surface area contributed by atoms with Crippen LogP contribution >= 0.6 is 11.6 Å². The second kappa shape index (κ2) is 8.27. The van der Waals surface area contributed by atoms with Crippen molar-refractivity contribution in [1.82, 2.24) is 25.4 Å². The normalized spacial score (nSPS) is 17.8. The van der Waals surface area contributed by atoms with Crippen molar-refractivity contribution in [3.63, 3.8) is 0 Å². The van der Waals surface area contributed by atoms with Gasteiger partial charge in [-0.25, -0.2) is 4.79 Å². The number of aromatic amines is 1. The van der Waals surface area contributed by atoms with E-state index in [1.165, 1.54) is 0 Å². The van der Waals surface area contributed by atoms with E-state index in [1.54, 1.807) is 37.3 Å². The summed E-state index contributed by atoms with van der Waals surface area (Å²) in [6.07, 6.45) is 0. The van der Waals surface area contributed by atoms with E-state index in [2.05, 4.69) is 25.8 Å². The molecular weight excluding hydrogens is 456 g/mol. The van der Waals surface area contributed by atoms with Crippen molar-refractivity contribution in [3.05, 3.63) is 77.3 Å². The Labute approximate surface area is 199 Å². The van der Waals surface area contributed by atoms with Gasteiger partial charge in [-0.05, 0) is 41.5 Å². The maximum atomic E-state index is 13.2. The van der Waals surface area contributed by atoms with Gasteiger partial charge >= 0.3 is 6.03 Å². The summed E-state index contributed by atoms with van der Waals surface area (Å²) in [5, 5.41) is 15.6. The fourth-order valence-electron chi connectivity index (χ4n) is 3.94. The zero-order chi connectivity index (χ0) is 23.9. The van der Waals surface area contributed by atoms with Gasteiger partial charge in [-0.1, -0.05) is 60.1 Å². The maximum Gasteiger partial charge on any atom is 0.325 e. The average molecular weight is 475 g/mol. The van der Waals surface area contributed by atoms with Gasteiger partial charge in [0.25, 0.3) is 5.91 Å². The smallest absolute Gasteiger partial charge is 0.319 e. The molecule has 5 rings (SSSR count). The molecule has 1 saturated heterocycles. The predicted molar refractivity (Wildman–Crippen MR) is 127 cm³/mol. The second-order valence-corrected chi connectivity index (χ2v) is 8.47. The van der Waals surface area contributed by atoms with Gasteiger partial charge in [0.2, 0.25) is 11.9 Å². The third-order valence-corrected chi connectivity index (χ3v) is 6.11. The number of hydrogen-bond donors (Lipinski definition) is 3. The molecule has 4 aromatic rings. The molecule has 0 radical (unpaired) electrons. The molecule has 4 amide bonds. The Bertz CT molecular complexity index is 1450. The van der Waals surface area contributed by atoms with Crippen molar-refractivity contribution in [1.29, 1.82) is 0 Å². The quantitative estimate of drug-likeness (QED) is 0.381. The van der Waals surface area contributed by atoms with Crippen LogP contribution in [0.25, 0.3) is 22.2 Å². The summed E-state index contributed by atoms with van der Waals surface area (Å²) in [6.45, 7) is 1.15. The van der Waals surface area contributed by atoms with Crippen LogP contribution in [0.15, 0.2) is 66.7 Å². The van der Waals surface area contributed by atoms with Crippen LogP contribution in [0.1, 0.15) is 12.5 Å². The molecule has 1 aliphatic heterocycles. The van der Waals surface area contributed by atoms with Crippen LogP contribution in [0.2, 0.25) is 5.02 Å².